The van der Waals surface area contributed by atoms with Gasteiger partial charge < -0.3 is 14.6 Å². The zero-order chi connectivity index (χ0) is 19.6. The third-order valence-corrected chi connectivity index (χ3v) is 4.92. The average molecular weight is 383 g/mol. The number of piperidine rings is 1. The number of esters is 4. The molecule has 0 aromatic rings. The van der Waals surface area contributed by atoms with Crippen molar-refractivity contribution in [2.75, 3.05) is 39.4 Å². The van der Waals surface area contributed by atoms with Crippen molar-refractivity contribution in [2.24, 2.45) is 0 Å². The number of ether oxygens (including phenoxy) is 2. The third-order valence-electron chi connectivity index (χ3n) is 4.92. The first kappa shape index (κ1) is 19.4. The minimum Gasteiger partial charge on any atom is -0.481 e. The molecule has 0 aromatic carbocycles. The van der Waals surface area contributed by atoms with E-state index in [1.807, 2.05) is 4.90 Å². The summed E-state index contributed by atoms with van der Waals surface area (Å²) in [5.74, 6) is -3.39. The smallest absolute Gasteiger partial charge is 0.331 e. The molecule has 3 aliphatic rings. The Labute approximate surface area is 154 Å². The topological polar surface area (TPSA) is 134 Å². The van der Waals surface area contributed by atoms with Crippen LogP contribution in [0.2, 0.25) is 0 Å². The molecular weight excluding hydrogens is 362 g/mol. The first-order valence-electron chi connectivity index (χ1n) is 8.72. The molecule has 0 saturated carbocycles. The summed E-state index contributed by atoms with van der Waals surface area (Å²) < 4.78 is 9.17. The van der Waals surface area contributed by atoms with E-state index < -0.39 is 35.9 Å². The first-order chi connectivity index (χ1) is 12.8. The van der Waals surface area contributed by atoms with Crippen LogP contribution in [0.3, 0.4) is 0 Å². The minimum absolute atomic E-state index is 0.00814. The molecule has 11 heteroatoms. The Morgan fingerprint density at radius 1 is 1.04 bits per heavy atom. The third kappa shape index (κ3) is 4.87. The highest BCUT2D eigenvalue weighted by molar-refractivity contribution is 5.92. The van der Waals surface area contributed by atoms with Crippen molar-refractivity contribution in [1.82, 2.24) is 14.7 Å². The average Bonchev–Trinajstić information content (AvgIpc) is 2.56. The number of rotatable bonds is 6. The van der Waals surface area contributed by atoms with E-state index in [2.05, 4.69) is 9.47 Å². The van der Waals surface area contributed by atoms with E-state index in [4.69, 9.17) is 5.11 Å². The van der Waals surface area contributed by atoms with Gasteiger partial charge in [-0.2, -0.15) is 0 Å². The van der Waals surface area contributed by atoms with Crippen molar-refractivity contribution in [2.45, 2.75) is 31.3 Å². The van der Waals surface area contributed by atoms with Crippen LogP contribution in [-0.2, 0) is 33.4 Å². The van der Waals surface area contributed by atoms with Gasteiger partial charge in [0.05, 0.1) is 32.7 Å². The molecule has 148 valence electrons. The van der Waals surface area contributed by atoms with E-state index in [1.165, 1.54) is 0 Å². The van der Waals surface area contributed by atoms with Gasteiger partial charge in [0, 0.05) is 19.1 Å². The van der Waals surface area contributed by atoms with Crippen molar-refractivity contribution in [3.63, 3.8) is 0 Å². The lowest BCUT2D eigenvalue weighted by molar-refractivity contribution is -0.176. The van der Waals surface area contributed by atoms with Gasteiger partial charge in [0.1, 0.15) is 6.04 Å². The van der Waals surface area contributed by atoms with Crippen LogP contribution in [0, 0.1) is 0 Å². The maximum atomic E-state index is 11.8. The van der Waals surface area contributed by atoms with Crippen molar-refractivity contribution in [3.8, 4) is 0 Å². The summed E-state index contributed by atoms with van der Waals surface area (Å²) in [4.78, 5) is 62.6. The summed E-state index contributed by atoms with van der Waals surface area (Å²) in [7, 11) is 0. The molecule has 3 heterocycles. The van der Waals surface area contributed by atoms with Crippen molar-refractivity contribution in [1.29, 1.82) is 0 Å². The number of fused-ring (bicyclic) bond motifs is 1. The molecule has 2 atom stereocenters. The summed E-state index contributed by atoms with van der Waals surface area (Å²) >= 11 is 0. The van der Waals surface area contributed by atoms with Crippen molar-refractivity contribution >= 4 is 29.8 Å². The molecule has 0 spiro atoms. The Hall–Kier alpha value is -2.37. The van der Waals surface area contributed by atoms with Crippen LogP contribution >= 0.6 is 0 Å². The van der Waals surface area contributed by atoms with E-state index in [0.29, 0.717) is 19.4 Å². The monoisotopic (exact) mass is 383 g/mol. The van der Waals surface area contributed by atoms with E-state index in [-0.39, 0.29) is 45.3 Å². The second kappa shape index (κ2) is 8.11. The van der Waals surface area contributed by atoms with Gasteiger partial charge in [0.2, 0.25) is 0 Å². The van der Waals surface area contributed by atoms with Gasteiger partial charge in [-0.3, -0.25) is 33.9 Å². The number of nitrogens with zero attached hydrogens (tertiary/aromatic N) is 3. The Bertz CT molecular complexity index is 650. The quantitative estimate of drug-likeness (QED) is 0.404. The molecule has 2 unspecified atom stereocenters. The molecule has 3 rings (SSSR count). The summed E-state index contributed by atoms with van der Waals surface area (Å²) in [6.07, 6.45) is 0.991. The predicted molar refractivity (Wildman–Crippen MR) is 86.0 cm³/mol. The Balaban J connectivity index is 1.68. The van der Waals surface area contributed by atoms with Crippen LogP contribution in [-0.4, -0.2) is 101 Å². The molecule has 3 saturated heterocycles. The lowest BCUT2D eigenvalue weighted by Gasteiger charge is -2.44. The van der Waals surface area contributed by atoms with E-state index in [9.17, 15) is 24.0 Å². The van der Waals surface area contributed by atoms with Crippen molar-refractivity contribution < 1.29 is 38.6 Å². The molecule has 3 fully saturated rings. The SMILES string of the molecule is O=C(O)CCN(CN1CC(=O)OC(=O)C1)C1CCC2C(=O)OC(=O)CN2C1. The molecule has 11 nitrogen and oxygen atoms in total. The second-order valence-electron chi connectivity index (χ2n) is 6.90. The van der Waals surface area contributed by atoms with Crippen LogP contribution in [0.5, 0.6) is 0 Å². The predicted octanol–water partition coefficient (Wildman–Crippen LogP) is -1.98. The number of morpholine rings is 2. The van der Waals surface area contributed by atoms with Crippen LogP contribution in [0.1, 0.15) is 19.3 Å². The lowest BCUT2D eigenvalue weighted by Crippen LogP contribution is -2.60. The van der Waals surface area contributed by atoms with Gasteiger partial charge in [-0.05, 0) is 12.8 Å². The molecular formula is C16H21N3O8. The second-order valence-corrected chi connectivity index (χ2v) is 6.90. The number of hydrogen-bond donors (Lipinski definition) is 1. The number of carboxylic acid groups (broad SMARTS) is 1. The van der Waals surface area contributed by atoms with Crippen LogP contribution < -0.4 is 0 Å². The standard InChI is InChI=1S/C16H21N3O8/c20-12(21)3-4-18(9-17-6-13(22)26-14(23)7-17)10-1-2-11-16(25)27-15(24)8-19(11)5-10/h10-11H,1-9H2,(H,20,21). The number of carbonyl (C=O) groups is 5. The normalized spacial score (nSPS) is 27.3. The highest BCUT2D eigenvalue weighted by atomic mass is 16.6. The number of hydrogen-bond acceptors (Lipinski definition) is 10. The van der Waals surface area contributed by atoms with Gasteiger partial charge in [-0.25, -0.2) is 4.79 Å². The molecule has 0 amide bonds. The summed E-state index contributed by atoms with van der Waals surface area (Å²) in [5.41, 5.74) is 0. The van der Waals surface area contributed by atoms with Gasteiger partial charge in [0.15, 0.2) is 0 Å². The van der Waals surface area contributed by atoms with Gasteiger partial charge in [-0.15, -0.1) is 0 Å². The molecule has 1 N–H and O–H groups in total. The fourth-order valence-corrected chi connectivity index (χ4v) is 3.72. The zero-order valence-electron chi connectivity index (χ0n) is 14.7. The molecule has 27 heavy (non-hydrogen) atoms. The van der Waals surface area contributed by atoms with E-state index in [0.717, 1.165) is 0 Å². The number of carboxylic acids is 1. The van der Waals surface area contributed by atoms with Gasteiger partial charge in [-0.1, -0.05) is 0 Å². The fourth-order valence-electron chi connectivity index (χ4n) is 3.72. The Morgan fingerprint density at radius 2 is 1.70 bits per heavy atom. The minimum atomic E-state index is -0.959. The maximum absolute atomic E-state index is 11.8. The zero-order valence-corrected chi connectivity index (χ0v) is 14.7. The molecule has 3 aliphatic heterocycles. The van der Waals surface area contributed by atoms with Crippen LogP contribution in [0.25, 0.3) is 0 Å². The highest BCUT2D eigenvalue weighted by Crippen LogP contribution is 2.25. The molecule has 0 aliphatic carbocycles. The Morgan fingerprint density at radius 3 is 2.37 bits per heavy atom. The largest absolute Gasteiger partial charge is 0.481 e. The number of cyclic esters (lactones) is 4. The molecule has 0 radical (unpaired) electrons. The van der Waals surface area contributed by atoms with Gasteiger partial charge >= 0.3 is 29.8 Å². The van der Waals surface area contributed by atoms with Gasteiger partial charge in [0.25, 0.3) is 0 Å². The molecule has 0 aromatic heterocycles. The summed E-state index contributed by atoms with van der Waals surface area (Å²) in [6, 6.07) is -0.584. The first-order valence-corrected chi connectivity index (χ1v) is 8.72. The number of aliphatic carboxylic acids is 1. The molecule has 0 bridgehead atoms. The summed E-state index contributed by atoms with van der Waals surface area (Å²) in [5, 5.41) is 9.02. The lowest BCUT2D eigenvalue weighted by atomic mass is 9.96. The number of carbonyl (C=O) groups excluding carboxylic acids is 4. The van der Waals surface area contributed by atoms with Crippen molar-refractivity contribution in [3.05, 3.63) is 0 Å². The van der Waals surface area contributed by atoms with E-state index in [1.54, 1.807) is 9.80 Å². The highest BCUT2D eigenvalue weighted by Gasteiger charge is 2.41. The Kier molecular flexibility index (Phi) is 5.82. The summed E-state index contributed by atoms with van der Waals surface area (Å²) in [6.45, 7) is 0.732. The van der Waals surface area contributed by atoms with Crippen LogP contribution in [0.15, 0.2) is 0 Å². The maximum Gasteiger partial charge on any atom is 0.331 e. The van der Waals surface area contributed by atoms with Crippen LogP contribution in [0.4, 0.5) is 0 Å². The fraction of sp³-hybridized carbons (Fsp3) is 0.688. The van der Waals surface area contributed by atoms with E-state index >= 15 is 0 Å².